The van der Waals surface area contributed by atoms with E-state index >= 15 is 0 Å². The van der Waals surface area contributed by atoms with E-state index in [9.17, 15) is 4.79 Å². The standard InChI is InChI=1S/C16H18BrN3O/c1-2-8-18-15-7-6-13(11-19-15)16(21)20-10-12-4-3-5-14(17)9-12/h3-7,9,11H,2,8,10H2,1H3,(H,18,19)(H,20,21). The molecule has 0 unspecified atom stereocenters. The number of pyridine rings is 1. The molecule has 0 aliphatic carbocycles. The smallest absolute Gasteiger partial charge is 0.253 e. The lowest BCUT2D eigenvalue weighted by molar-refractivity contribution is 0.0950. The minimum atomic E-state index is -0.121. The molecule has 0 atom stereocenters. The second-order valence-electron chi connectivity index (χ2n) is 4.67. The highest BCUT2D eigenvalue weighted by Gasteiger charge is 2.06. The van der Waals surface area contributed by atoms with Crippen molar-refractivity contribution in [3.05, 3.63) is 58.2 Å². The highest BCUT2D eigenvalue weighted by molar-refractivity contribution is 9.10. The Bertz CT molecular complexity index is 599. The molecule has 4 nitrogen and oxygen atoms in total. The van der Waals surface area contributed by atoms with Crippen LogP contribution in [-0.4, -0.2) is 17.4 Å². The maximum absolute atomic E-state index is 12.0. The number of carbonyl (C=O) groups excluding carboxylic acids is 1. The van der Waals surface area contributed by atoms with E-state index in [1.807, 2.05) is 30.3 Å². The largest absolute Gasteiger partial charge is 0.370 e. The molecule has 0 aliphatic rings. The van der Waals surface area contributed by atoms with E-state index in [2.05, 4.69) is 38.5 Å². The highest BCUT2D eigenvalue weighted by Crippen LogP contribution is 2.11. The zero-order chi connectivity index (χ0) is 15.1. The second kappa shape index (κ2) is 7.78. The maximum Gasteiger partial charge on any atom is 0.253 e. The molecule has 0 saturated heterocycles. The summed E-state index contributed by atoms with van der Waals surface area (Å²) in [6.45, 7) is 3.46. The molecule has 1 heterocycles. The van der Waals surface area contributed by atoms with Crippen LogP contribution in [0.15, 0.2) is 47.1 Å². The normalized spacial score (nSPS) is 10.2. The molecule has 0 fully saturated rings. The van der Waals surface area contributed by atoms with Crippen LogP contribution in [0.4, 0.5) is 5.82 Å². The Morgan fingerprint density at radius 2 is 2.14 bits per heavy atom. The van der Waals surface area contributed by atoms with Crippen LogP contribution < -0.4 is 10.6 Å². The van der Waals surface area contributed by atoms with E-state index in [0.717, 1.165) is 28.8 Å². The number of nitrogens with one attached hydrogen (secondary N) is 2. The van der Waals surface area contributed by atoms with Crippen LogP contribution in [0, 0.1) is 0 Å². The molecule has 2 aromatic rings. The topological polar surface area (TPSA) is 54.0 Å². The van der Waals surface area contributed by atoms with E-state index in [4.69, 9.17) is 0 Å². The van der Waals surface area contributed by atoms with Crippen LogP contribution in [0.3, 0.4) is 0 Å². The fourth-order valence-electron chi connectivity index (χ4n) is 1.82. The van der Waals surface area contributed by atoms with Crippen molar-refractivity contribution in [1.29, 1.82) is 0 Å². The number of rotatable bonds is 6. The summed E-state index contributed by atoms with van der Waals surface area (Å²) in [5.41, 5.74) is 1.61. The number of aromatic nitrogens is 1. The van der Waals surface area contributed by atoms with Gasteiger partial charge >= 0.3 is 0 Å². The summed E-state index contributed by atoms with van der Waals surface area (Å²) in [4.78, 5) is 16.3. The Hall–Kier alpha value is -1.88. The Morgan fingerprint density at radius 3 is 2.81 bits per heavy atom. The van der Waals surface area contributed by atoms with Crippen LogP contribution >= 0.6 is 15.9 Å². The average Bonchev–Trinajstić information content (AvgIpc) is 2.51. The van der Waals surface area contributed by atoms with Crippen LogP contribution in [0.25, 0.3) is 0 Å². The summed E-state index contributed by atoms with van der Waals surface area (Å²) in [7, 11) is 0. The SMILES string of the molecule is CCCNc1ccc(C(=O)NCc2cccc(Br)c2)cn1. The van der Waals surface area contributed by atoms with Crippen molar-refractivity contribution in [2.75, 3.05) is 11.9 Å². The summed E-state index contributed by atoms with van der Waals surface area (Å²) in [5, 5.41) is 6.06. The van der Waals surface area contributed by atoms with Gasteiger partial charge in [0.25, 0.3) is 5.91 Å². The third kappa shape index (κ3) is 4.86. The van der Waals surface area contributed by atoms with Gasteiger partial charge in [-0.1, -0.05) is 35.0 Å². The van der Waals surface area contributed by atoms with Crippen LogP contribution in [0.5, 0.6) is 0 Å². The fourth-order valence-corrected chi connectivity index (χ4v) is 2.26. The van der Waals surface area contributed by atoms with E-state index in [1.165, 1.54) is 0 Å². The van der Waals surface area contributed by atoms with Gasteiger partial charge in [0.1, 0.15) is 5.82 Å². The first-order chi connectivity index (χ1) is 10.2. The van der Waals surface area contributed by atoms with Gasteiger partial charge in [-0.15, -0.1) is 0 Å². The molecule has 0 bridgehead atoms. The predicted molar refractivity (Wildman–Crippen MR) is 88.3 cm³/mol. The lowest BCUT2D eigenvalue weighted by Crippen LogP contribution is -2.23. The first-order valence-electron chi connectivity index (χ1n) is 6.91. The van der Waals surface area contributed by atoms with Crippen LogP contribution in [-0.2, 0) is 6.54 Å². The van der Waals surface area contributed by atoms with E-state index in [-0.39, 0.29) is 5.91 Å². The molecule has 2 rings (SSSR count). The van der Waals surface area contributed by atoms with Gasteiger partial charge < -0.3 is 10.6 Å². The third-order valence-electron chi connectivity index (χ3n) is 2.92. The van der Waals surface area contributed by atoms with Gasteiger partial charge in [0.05, 0.1) is 5.56 Å². The zero-order valence-corrected chi connectivity index (χ0v) is 13.5. The highest BCUT2D eigenvalue weighted by atomic mass is 79.9. The molecule has 1 amide bonds. The number of hydrogen-bond acceptors (Lipinski definition) is 3. The van der Waals surface area contributed by atoms with Gasteiger partial charge in [0.2, 0.25) is 0 Å². The van der Waals surface area contributed by atoms with Gasteiger partial charge in [-0.3, -0.25) is 4.79 Å². The minimum Gasteiger partial charge on any atom is -0.370 e. The average molecular weight is 348 g/mol. The fraction of sp³-hybridized carbons (Fsp3) is 0.250. The van der Waals surface area contributed by atoms with Crippen molar-refractivity contribution >= 4 is 27.7 Å². The van der Waals surface area contributed by atoms with Gasteiger partial charge in [0.15, 0.2) is 0 Å². The number of nitrogens with zero attached hydrogens (tertiary/aromatic N) is 1. The molecule has 0 saturated carbocycles. The van der Waals surface area contributed by atoms with Crippen molar-refractivity contribution in [2.24, 2.45) is 0 Å². The number of carbonyl (C=O) groups is 1. The summed E-state index contributed by atoms with van der Waals surface area (Å²) in [5.74, 6) is 0.671. The molecule has 1 aromatic heterocycles. The summed E-state index contributed by atoms with van der Waals surface area (Å²) < 4.78 is 1.00. The number of amides is 1. The van der Waals surface area contributed by atoms with Gasteiger partial charge in [-0.2, -0.15) is 0 Å². The molecule has 0 radical (unpaired) electrons. The van der Waals surface area contributed by atoms with Crippen molar-refractivity contribution in [3.8, 4) is 0 Å². The first kappa shape index (κ1) is 15.5. The molecule has 110 valence electrons. The van der Waals surface area contributed by atoms with E-state index in [0.29, 0.717) is 12.1 Å². The molecule has 0 spiro atoms. The summed E-state index contributed by atoms with van der Waals surface area (Å²) in [6.07, 6.45) is 2.63. The third-order valence-corrected chi connectivity index (χ3v) is 3.42. The molecule has 0 aliphatic heterocycles. The van der Waals surface area contributed by atoms with Crippen molar-refractivity contribution in [2.45, 2.75) is 19.9 Å². The summed E-state index contributed by atoms with van der Waals surface area (Å²) in [6, 6.07) is 11.5. The van der Waals surface area contributed by atoms with Gasteiger partial charge in [-0.05, 0) is 36.2 Å². The molecule has 5 heteroatoms. The quantitative estimate of drug-likeness (QED) is 0.839. The van der Waals surface area contributed by atoms with Crippen molar-refractivity contribution in [1.82, 2.24) is 10.3 Å². The molecule has 2 N–H and O–H groups in total. The minimum absolute atomic E-state index is 0.121. The Morgan fingerprint density at radius 1 is 1.29 bits per heavy atom. The first-order valence-corrected chi connectivity index (χ1v) is 7.71. The molecule has 1 aromatic carbocycles. The van der Waals surface area contributed by atoms with Gasteiger partial charge in [-0.25, -0.2) is 4.98 Å². The summed E-state index contributed by atoms with van der Waals surface area (Å²) >= 11 is 3.41. The number of hydrogen-bond donors (Lipinski definition) is 2. The lowest BCUT2D eigenvalue weighted by Gasteiger charge is -2.07. The van der Waals surface area contributed by atoms with E-state index in [1.54, 1.807) is 12.3 Å². The van der Waals surface area contributed by atoms with Gasteiger partial charge in [0, 0.05) is 23.8 Å². The molecule has 21 heavy (non-hydrogen) atoms. The number of halogens is 1. The Kier molecular flexibility index (Phi) is 5.75. The maximum atomic E-state index is 12.0. The Balaban J connectivity index is 1.91. The number of benzene rings is 1. The molecular formula is C16H18BrN3O. The van der Waals surface area contributed by atoms with Crippen molar-refractivity contribution in [3.63, 3.8) is 0 Å². The monoisotopic (exact) mass is 347 g/mol. The second-order valence-corrected chi connectivity index (χ2v) is 5.59. The van der Waals surface area contributed by atoms with Crippen LogP contribution in [0.2, 0.25) is 0 Å². The Labute approximate surface area is 133 Å². The lowest BCUT2D eigenvalue weighted by atomic mass is 10.2. The zero-order valence-electron chi connectivity index (χ0n) is 11.9. The number of anilines is 1. The van der Waals surface area contributed by atoms with Crippen LogP contribution in [0.1, 0.15) is 29.3 Å². The molecular weight excluding hydrogens is 330 g/mol. The predicted octanol–water partition coefficient (Wildman–Crippen LogP) is 3.60. The van der Waals surface area contributed by atoms with E-state index < -0.39 is 0 Å². The van der Waals surface area contributed by atoms with Crippen molar-refractivity contribution < 1.29 is 4.79 Å².